The fourth-order valence-corrected chi connectivity index (χ4v) is 3.22. The number of carbonyl (C=O) groups excluding carboxylic acids is 1. The minimum Gasteiger partial charge on any atom is -0.363 e. The van der Waals surface area contributed by atoms with E-state index in [1.165, 1.54) is 11.1 Å². The topological polar surface area (TPSA) is 58.1 Å². The molecule has 0 spiro atoms. The van der Waals surface area contributed by atoms with Gasteiger partial charge in [-0.15, -0.1) is 0 Å². The third kappa shape index (κ3) is 3.57. The highest BCUT2D eigenvalue weighted by Crippen LogP contribution is 2.28. The smallest absolute Gasteiger partial charge is 0.251 e. The first-order valence-corrected chi connectivity index (χ1v) is 8.74. The number of hydrogen-bond donors (Lipinski definition) is 1. The molecule has 0 bridgehead atoms. The second-order valence-corrected chi connectivity index (χ2v) is 6.38. The van der Waals surface area contributed by atoms with Crippen LogP contribution in [0.4, 0.5) is 5.69 Å². The maximum atomic E-state index is 12.5. The summed E-state index contributed by atoms with van der Waals surface area (Å²) < 4.78 is 0. The molecule has 1 N–H and O–H groups in total. The molecule has 130 valence electrons. The third-order valence-corrected chi connectivity index (χ3v) is 4.60. The van der Waals surface area contributed by atoms with Crippen LogP contribution in [0.5, 0.6) is 0 Å². The lowest BCUT2D eigenvalue weighted by molar-refractivity contribution is 0.0954. The Balaban J connectivity index is 1.39. The van der Waals surface area contributed by atoms with Gasteiger partial charge in [-0.05, 0) is 29.3 Å². The van der Waals surface area contributed by atoms with Crippen molar-refractivity contribution in [1.29, 1.82) is 0 Å². The summed E-state index contributed by atoms with van der Waals surface area (Å²) in [6.45, 7) is 2.30. The highest BCUT2D eigenvalue weighted by atomic mass is 16.1. The van der Waals surface area contributed by atoms with E-state index in [1.807, 2.05) is 18.2 Å². The lowest BCUT2D eigenvalue weighted by Gasteiger charge is -2.18. The summed E-state index contributed by atoms with van der Waals surface area (Å²) in [5.41, 5.74) is 5.33. The van der Waals surface area contributed by atoms with Gasteiger partial charge in [-0.25, -0.2) is 0 Å². The van der Waals surface area contributed by atoms with Gasteiger partial charge in [-0.1, -0.05) is 30.3 Å². The first-order valence-electron chi connectivity index (χ1n) is 8.74. The average molecular weight is 344 g/mol. The zero-order valence-electron chi connectivity index (χ0n) is 14.4. The van der Waals surface area contributed by atoms with E-state index in [-0.39, 0.29) is 5.91 Å². The van der Waals surface area contributed by atoms with Gasteiger partial charge in [0.05, 0.1) is 5.69 Å². The van der Waals surface area contributed by atoms with E-state index in [4.69, 9.17) is 0 Å². The van der Waals surface area contributed by atoms with Crippen LogP contribution in [0.1, 0.15) is 27.2 Å². The molecule has 1 aromatic heterocycles. The van der Waals surface area contributed by atoms with Gasteiger partial charge in [-0.3, -0.25) is 14.8 Å². The van der Waals surface area contributed by atoms with E-state index >= 15 is 0 Å². The fraction of sp³-hybridized carbons (Fsp3) is 0.190. The Morgan fingerprint density at radius 1 is 1.04 bits per heavy atom. The fourth-order valence-electron chi connectivity index (χ4n) is 3.22. The van der Waals surface area contributed by atoms with Crippen LogP contribution in [0.3, 0.4) is 0 Å². The lowest BCUT2D eigenvalue weighted by Crippen LogP contribution is -2.26. The summed E-state index contributed by atoms with van der Waals surface area (Å²) in [4.78, 5) is 23.0. The molecule has 1 aliphatic rings. The monoisotopic (exact) mass is 344 g/mol. The molecule has 0 unspecified atom stereocenters. The number of carbonyl (C=O) groups is 1. The Hall–Kier alpha value is -3.21. The van der Waals surface area contributed by atoms with Gasteiger partial charge in [0, 0.05) is 55.9 Å². The van der Waals surface area contributed by atoms with Gasteiger partial charge in [-0.2, -0.15) is 0 Å². The van der Waals surface area contributed by atoms with Crippen molar-refractivity contribution in [1.82, 2.24) is 15.3 Å². The minimum absolute atomic E-state index is 0.0625. The molecule has 5 heteroatoms. The molecule has 1 aliphatic heterocycles. The molecular formula is C21H20N4O. The zero-order chi connectivity index (χ0) is 17.8. The summed E-state index contributed by atoms with van der Waals surface area (Å²) in [5.74, 6) is -0.0625. The van der Waals surface area contributed by atoms with Crippen molar-refractivity contribution in [2.45, 2.75) is 19.5 Å². The number of nitrogens with zero attached hydrogens (tertiary/aromatic N) is 3. The Morgan fingerprint density at radius 2 is 1.85 bits per heavy atom. The quantitative estimate of drug-likeness (QED) is 0.773. The number of nitrogens with one attached hydrogen (secondary N) is 1. The van der Waals surface area contributed by atoms with Gasteiger partial charge >= 0.3 is 0 Å². The number of amides is 1. The van der Waals surface area contributed by atoms with E-state index in [0.717, 1.165) is 24.5 Å². The third-order valence-electron chi connectivity index (χ3n) is 4.60. The molecule has 2 heterocycles. The second-order valence-electron chi connectivity index (χ2n) is 6.38. The van der Waals surface area contributed by atoms with Gasteiger partial charge in [0.1, 0.15) is 0 Å². The molecule has 4 rings (SSSR count). The summed E-state index contributed by atoms with van der Waals surface area (Å²) >= 11 is 0. The first-order chi connectivity index (χ1) is 12.8. The molecule has 3 aromatic rings. The lowest BCUT2D eigenvalue weighted by atomic mass is 10.1. The number of hydrogen-bond acceptors (Lipinski definition) is 4. The first kappa shape index (κ1) is 16.3. The number of aromatic nitrogens is 2. The van der Waals surface area contributed by atoms with Crippen LogP contribution in [0.2, 0.25) is 0 Å². The van der Waals surface area contributed by atoms with Crippen LogP contribution < -0.4 is 10.2 Å². The molecule has 1 amide bonds. The van der Waals surface area contributed by atoms with Crippen molar-refractivity contribution in [2.75, 3.05) is 11.4 Å². The summed E-state index contributed by atoms with van der Waals surface area (Å²) in [7, 11) is 0. The maximum absolute atomic E-state index is 12.5. The summed E-state index contributed by atoms with van der Waals surface area (Å²) in [5, 5.41) is 2.96. The van der Waals surface area contributed by atoms with Crippen LogP contribution in [-0.4, -0.2) is 22.4 Å². The van der Waals surface area contributed by atoms with Crippen LogP contribution in [0.25, 0.3) is 0 Å². The average Bonchev–Trinajstić information content (AvgIpc) is 3.13. The Labute approximate surface area is 152 Å². The minimum atomic E-state index is -0.0625. The van der Waals surface area contributed by atoms with Crippen molar-refractivity contribution in [2.24, 2.45) is 0 Å². The summed E-state index contributed by atoms with van der Waals surface area (Å²) in [6, 6.07) is 16.3. The second kappa shape index (κ2) is 7.35. The van der Waals surface area contributed by atoms with Gasteiger partial charge in [0.2, 0.25) is 0 Å². The summed E-state index contributed by atoms with van der Waals surface area (Å²) in [6.07, 6.45) is 5.69. The van der Waals surface area contributed by atoms with Crippen molar-refractivity contribution < 1.29 is 4.79 Å². The molecule has 0 aliphatic carbocycles. The number of fused-ring (bicyclic) bond motifs is 1. The van der Waals surface area contributed by atoms with Crippen LogP contribution in [0, 0.1) is 0 Å². The Bertz CT molecular complexity index is 886. The Kier molecular flexibility index (Phi) is 4.60. The van der Waals surface area contributed by atoms with E-state index in [0.29, 0.717) is 18.5 Å². The normalized spacial score (nSPS) is 12.7. The van der Waals surface area contributed by atoms with Crippen LogP contribution in [-0.2, 0) is 19.5 Å². The molecule has 0 radical (unpaired) electrons. The number of rotatable bonds is 5. The van der Waals surface area contributed by atoms with Crippen LogP contribution in [0.15, 0.2) is 67.1 Å². The largest absolute Gasteiger partial charge is 0.363 e. The van der Waals surface area contributed by atoms with E-state index in [1.54, 1.807) is 18.6 Å². The number of benzene rings is 2. The van der Waals surface area contributed by atoms with Crippen molar-refractivity contribution in [3.8, 4) is 0 Å². The molecule has 0 fully saturated rings. The maximum Gasteiger partial charge on any atom is 0.251 e. The number of anilines is 1. The van der Waals surface area contributed by atoms with E-state index < -0.39 is 0 Å². The molecule has 2 aromatic carbocycles. The molecule has 26 heavy (non-hydrogen) atoms. The zero-order valence-corrected chi connectivity index (χ0v) is 14.4. The van der Waals surface area contributed by atoms with Crippen molar-refractivity contribution in [3.63, 3.8) is 0 Å². The van der Waals surface area contributed by atoms with Gasteiger partial charge < -0.3 is 10.2 Å². The SMILES string of the molecule is O=C(NCCc1cnccn1)c1cccc(N2Cc3ccccc3C2)c1. The van der Waals surface area contributed by atoms with E-state index in [2.05, 4.69) is 50.5 Å². The standard InChI is InChI=1S/C21H20N4O/c26-21(24-9-8-19-13-22-10-11-23-19)16-6-3-7-20(12-16)25-14-17-4-1-2-5-18(17)15-25/h1-7,10-13H,8-9,14-15H2,(H,24,26). The van der Waals surface area contributed by atoms with Gasteiger partial charge in [0.25, 0.3) is 5.91 Å². The highest BCUT2D eigenvalue weighted by Gasteiger charge is 2.19. The molecule has 5 nitrogen and oxygen atoms in total. The van der Waals surface area contributed by atoms with Crippen molar-refractivity contribution >= 4 is 11.6 Å². The van der Waals surface area contributed by atoms with Crippen LogP contribution >= 0.6 is 0 Å². The molecule has 0 saturated heterocycles. The molecule has 0 atom stereocenters. The highest BCUT2D eigenvalue weighted by molar-refractivity contribution is 5.95. The predicted octanol–water partition coefficient (Wildman–Crippen LogP) is 2.97. The molecule has 0 saturated carbocycles. The predicted molar refractivity (Wildman–Crippen MR) is 101 cm³/mol. The Morgan fingerprint density at radius 3 is 2.58 bits per heavy atom. The van der Waals surface area contributed by atoms with Gasteiger partial charge in [0.15, 0.2) is 0 Å². The molecular weight excluding hydrogens is 324 g/mol. The van der Waals surface area contributed by atoms with E-state index in [9.17, 15) is 4.79 Å². The van der Waals surface area contributed by atoms with Crippen molar-refractivity contribution in [3.05, 3.63) is 89.5 Å².